The molecule has 32 heavy (non-hydrogen) atoms. The topological polar surface area (TPSA) is 67.4 Å². The van der Waals surface area contributed by atoms with Crippen LogP contribution in [0.2, 0.25) is 0 Å². The quantitative estimate of drug-likeness (QED) is 0.783. The number of nitrogens with zero attached hydrogens (tertiary/aromatic N) is 3. The number of nitrogens with one attached hydrogen (secondary N) is 1. The lowest BCUT2D eigenvalue weighted by Crippen LogP contribution is -2.55. The van der Waals surface area contributed by atoms with Gasteiger partial charge in [0.25, 0.3) is 0 Å². The Bertz CT molecular complexity index is 979. The van der Waals surface area contributed by atoms with Crippen molar-refractivity contribution in [2.45, 2.75) is 64.2 Å². The molecule has 0 radical (unpaired) electrons. The van der Waals surface area contributed by atoms with Gasteiger partial charge in [-0.05, 0) is 52.0 Å². The largest absolute Gasteiger partial charge is 0.381 e. The number of anilines is 1. The number of ether oxygens (including phenoxy) is 1. The van der Waals surface area contributed by atoms with Crippen LogP contribution in [0.25, 0.3) is 0 Å². The summed E-state index contributed by atoms with van der Waals surface area (Å²) in [7, 11) is 1.88. The van der Waals surface area contributed by atoms with Crippen LogP contribution in [0.15, 0.2) is 24.3 Å². The second kappa shape index (κ2) is 8.81. The van der Waals surface area contributed by atoms with Gasteiger partial charge in [-0.3, -0.25) is 4.79 Å². The Balaban J connectivity index is 1.68. The Morgan fingerprint density at radius 3 is 2.38 bits per heavy atom. The fraction of sp³-hybridized carbons (Fsp3) is 0.577. The van der Waals surface area contributed by atoms with Crippen molar-refractivity contribution in [1.29, 1.82) is 0 Å². The zero-order chi connectivity index (χ0) is 22.9. The molecule has 2 aromatic rings. The van der Waals surface area contributed by atoms with Crippen molar-refractivity contribution in [2.24, 2.45) is 0 Å². The standard InChI is InChI=1S/C26H36N4O2/c1-18-13-19(2)15-21(14-18)26(8-11-32-12-9-26)24(31)30-10-6-7-25(4,17-30)23-28-20(3)16-22(27-5)29-23/h13-16H,6-12,17H2,1-5H3,(H,27,28,29)/t25-/m0/s1. The molecule has 172 valence electrons. The molecule has 6 heteroatoms. The number of rotatable bonds is 4. The Kier molecular flexibility index (Phi) is 6.26. The van der Waals surface area contributed by atoms with E-state index in [-0.39, 0.29) is 11.3 Å². The van der Waals surface area contributed by atoms with Crippen LogP contribution >= 0.6 is 0 Å². The van der Waals surface area contributed by atoms with Crippen molar-refractivity contribution in [3.8, 4) is 0 Å². The first kappa shape index (κ1) is 22.7. The fourth-order valence-electron chi connectivity index (χ4n) is 5.46. The van der Waals surface area contributed by atoms with Crippen molar-refractivity contribution in [2.75, 3.05) is 38.7 Å². The van der Waals surface area contributed by atoms with Crippen molar-refractivity contribution >= 4 is 11.7 Å². The van der Waals surface area contributed by atoms with Crippen LogP contribution < -0.4 is 5.32 Å². The number of likely N-dealkylation sites (tertiary alicyclic amines) is 1. The molecule has 6 nitrogen and oxygen atoms in total. The van der Waals surface area contributed by atoms with Crippen molar-refractivity contribution in [1.82, 2.24) is 14.9 Å². The Labute approximate surface area is 191 Å². The first-order chi connectivity index (χ1) is 15.3. The van der Waals surface area contributed by atoms with E-state index in [0.717, 1.165) is 55.1 Å². The highest BCUT2D eigenvalue weighted by Crippen LogP contribution is 2.40. The molecule has 0 bridgehead atoms. The maximum Gasteiger partial charge on any atom is 0.233 e. The second-order valence-electron chi connectivity index (χ2n) is 9.93. The molecule has 4 rings (SSSR count). The molecule has 0 saturated carbocycles. The van der Waals surface area contributed by atoms with Gasteiger partial charge in [-0.1, -0.05) is 36.2 Å². The van der Waals surface area contributed by atoms with E-state index in [1.54, 1.807) is 0 Å². The Morgan fingerprint density at radius 2 is 1.72 bits per heavy atom. The van der Waals surface area contributed by atoms with Gasteiger partial charge in [-0.25, -0.2) is 9.97 Å². The van der Waals surface area contributed by atoms with Gasteiger partial charge in [0.1, 0.15) is 11.6 Å². The lowest BCUT2D eigenvalue weighted by Gasteiger charge is -2.45. The summed E-state index contributed by atoms with van der Waals surface area (Å²) in [5.41, 5.74) is 3.71. The molecular weight excluding hydrogens is 400 g/mol. The van der Waals surface area contributed by atoms with Crippen molar-refractivity contribution in [3.05, 3.63) is 52.5 Å². The summed E-state index contributed by atoms with van der Waals surface area (Å²) < 4.78 is 5.70. The SMILES string of the molecule is CNc1cc(C)nc([C@@]2(C)CCCN(C(=O)C3(c4cc(C)cc(C)c4)CCOCC3)C2)n1. The third-order valence-electron chi connectivity index (χ3n) is 7.16. The molecule has 1 N–H and O–H groups in total. The number of carbonyl (C=O) groups is 1. The molecule has 2 saturated heterocycles. The Hall–Kier alpha value is -2.47. The molecule has 3 heterocycles. The number of amides is 1. The number of hydrogen-bond donors (Lipinski definition) is 1. The molecule has 1 atom stereocenters. The van der Waals surface area contributed by atoms with Gasteiger partial charge < -0.3 is 15.0 Å². The summed E-state index contributed by atoms with van der Waals surface area (Å²) in [5.74, 6) is 1.89. The van der Waals surface area contributed by atoms with Gasteiger partial charge in [-0.2, -0.15) is 0 Å². The van der Waals surface area contributed by atoms with Gasteiger partial charge in [0.2, 0.25) is 5.91 Å². The van der Waals surface area contributed by atoms with E-state index in [1.165, 1.54) is 11.1 Å². The van der Waals surface area contributed by atoms with Crippen molar-refractivity contribution in [3.63, 3.8) is 0 Å². The van der Waals surface area contributed by atoms with Gasteiger partial charge >= 0.3 is 0 Å². The van der Waals surface area contributed by atoms with E-state index in [0.29, 0.717) is 19.8 Å². The fourth-order valence-corrected chi connectivity index (χ4v) is 5.46. The first-order valence-corrected chi connectivity index (χ1v) is 11.8. The van der Waals surface area contributed by atoms with Crippen molar-refractivity contribution < 1.29 is 9.53 Å². The van der Waals surface area contributed by atoms with E-state index in [2.05, 4.69) is 49.2 Å². The highest BCUT2D eigenvalue weighted by Gasteiger charge is 2.47. The van der Waals surface area contributed by atoms with Gasteiger partial charge in [0.15, 0.2) is 0 Å². The summed E-state index contributed by atoms with van der Waals surface area (Å²) in [6.45, 7) is 11.1. The van der Waals surface area contributed by atoms with Gasteiger partial charge in [-0.15, -0.1) is 0 Å². The summed E-state index contributed by atoms with van der Waals surface area (Å²) in [5, 5.41) is 3.14. The lowest BCUT2D eigenvalue weighted by atomic mass is 9.71. The Morgan fingerprint density at radius 1 is 1.03 bits per heavy atom. The normalized spacial score (nSPS) is 23.1. The highest BCUT2D eigenvalue weighted by atomic mass is 16.5. The molecule has 0 aliphatic carbocycles. The molecule has 1 aromatic carbocycles. The lowest BCUT2D eigenvalue weighted by molar-refractivity contribution is -0.143. The average Bonchev–Trinajstić information content (AvgIpc) is 2.78. The van der Waals surface area contributed by atoms with Crippen LogP contribution in [0.4, 0.5) is 5.82 Å². The number of benzene rings is 1. The first-order valence-electron chi connectivity index (χ1n) is 11.8. The van der Waals surface area contributed by atoms with Crippen LogP contribution in [0, 0.1) is 20.8 Å². The molecule has 1 amide bonds. The number of carbonyl (C=O) groups excluding carboxylic acids is 1. The summed E-state index contributed by atoms with van der Waals surface area (Å²) in [6, 6.07) is 8.52. The third kappa shape index (κ3) is 4.25. The minimum atomic E-state index is -0.517. The second-order valence-corrected chi connectivity index (χ2v) is 9.93. The zero-order valence-corrected chi connectivity index (χ0v) is 20.1. The smallest absolute Gasteiger partial charge is 0.233 e. The minimum Gasteiger partial charge on any atom is -0.381 e. The number of aryl methyl sites for hydroxylation is 3. The molecule has 1 aromatic heterocycles. The van der Waals surface area contributed by atoms with Gasteiger partial charge in [0.05, 0.1) is 5.41 Å². The number of hydrogen-bond acceptors (Lipinski definition) is 5. The van der Waals surface area contributed by atoms with E-state index in [4.69, 9.17) is 14.7 Å². The maximum absolute atomic E-state index is 14.2. The number of piperidine rings is 1. The summed E-state index contributed by atoms with van der Waals surface area (Å²) in [4.78, 5) is 25.9. The molecular formula is C26H36N4O2. The van der Waals surface area contributed by atoms with Crippen LogP contribution in [-0.4, -0.2) is 54.1 Å². The van der Waals surface area contributed by atoms with E-state index >= 15 is 0 Å². The molecule has 2 aliphatic heterocycles. The molecule has 0 unspecified atom stereocenters. The summed E-state index contributed by atoms with van der Waals surface area (Å²) >= 11 is 0. The minimum absolute atomic E-state index is 0.234. The zero-order valence-electron chi connectivity index (χ0n) is 20.1. The third-order valence-corrected chi connectivity index (χ3v) is 7.16. The maximum atomic E-state index is 14.2. The van der Waals surface area contributed by atoms with Gasteiger partial charge in [0, 0.05) is 50.5 Å². The predicted molar refractivity (Wildman–Crippen MR) is 127 cm³/mol. The average molecular weight is 437 g/mol. The molecule has 2 fully saturated rings. The van der Waals surface area contributed by atoms with E-state index in [9.17, 15) is 4.79 Å². The summed E-state index contributed by atoms with van der Waals surface area (Å²) in [6.07, 6.45) is 3.39. The van der Waals surface area contributed by atoms with Crippen LogP contribution in [0.3, 0.4) is 0 Å². The monoisotopic (exact) mass is 436 g/mol. The molecule has 0 spiro atoms. The number of aromatic nitrogens is 2. The molecule has 2 aliphatic rings. The van der Waals surface area contributed by atoms with Crippen LogP contribution in [-0.2, 0) is 20.4 Å². The highest BCUT2D eigenvalue weighted by molar-refractivity contribution is 5.89. The van der Waals surface area contributed by atoms with Crippen LogP contribution in [0.1, 0.15) is 60.8 Å². The van der Waals surface area contributed by atoms with E-state index in [1.807, 2.05) is 20.0 Å². The van der Waals surface area contributed by atoms with Crippen LogP contribution in [0.5, 0.6) is 0 Å². The van der Waals surface area contributed by atoms with E-state index < -0.39 is 5.41 Å². The predicted octanol–water partition coefficient (Wildman–Crippen LogP) is 4.07.